The van der Waals surface area contributed by atoms with Gasteiger partial charge in [-0.2, -0.15) is 31.3 Å². The fourth-order valence-electron chi connectivity index (χ4n) is 2.22. The molecule has 0 aliphatic carbocycles. The fraction of sp³-hybridized carbons (Fsp3) is 0.467. The van der Waals surface area contributed by atoms with Crippen molar-refractivity contribution in [1.82, 2.24) is 15.0 Å². The van der Waals surface area contributed by atoms with Crippen LogP contribution in [-0.2, 0) is 12.7 Å². The molecule has 0 spiro atoms. The van der Waals surface area contributed by atoms with E-state index in [1.54, 1.807) is 0 Å². The van der Waals surface area contributed by atoms with Crippen LogP contribution in [0, 0.1) is 0 Å². The Balaban J connectivity index is 2.15. The summed E-state index contributed by atoms with van der Waals surface area (Å²) in [4.78, 5) is 4.82. The van der Waals surface area contributed by atoms with E-state index in [0.29, 0.717) is 0 Å². The first-order chi connectivity index (χ1) is 12.1. The average Bonchev–Trinajstić information content (AvgIpc) is 2.99. The lowest BCUT2D eigenvalue weighted by atomic mass is 10.1. The van der Waals surface area contributed by atoms with Crippen LogP contribution in [0.2, 0.25) is 0 Å². The molecule has 5 nitrogen and oxygen atoms in total. The summed E-state index contributed by atoms with van der Waals surface area (Å²) in [5.74, 6) is -0.320. The highest BCUT2D eigenvalue weighted by atomic mass is 19.4. The maximum Gasteiger partial charge on any atom is 0.416 e. The van der Waals surface area contributed by atoms with Gasteiger partial charge >= 0.3 is 12.4 Å². The number of aliphatic hydroxyl groups is 1. The fourth-order valence-corrected chi connectivity index (χ4v) is 2.22. The molecule has 0 fully saturated rings. The molecule has 0 saturated carbocycles. The van der Waals surface area contributed by atoms with Crippen LogP contribution in [0.3, 0.4) is 0 Å². The number of halogens is 6. The SMILES string of the molecule is OCCCN(Cc1nc(-c2cccc(C(F)(F)F)c2)no1)CC(F)(F)F. The predicted molar refractivity (Wildman–Crippen MR) is 77.8 cm³/mol. The first-order valence-electron chi connectivity index (χ1n) is 7.48. The molecule has 2 aromatic rings. The maximum absolute atomic E-state index is 12.7. The molecule has 1 aromatic carbocycles. The summed E-state index contributed by atoms with van der Waals surface area (Å²) in [6.45, 7) is -1.93. The smallest absolute Gasteiger partial charge is 0.396 e. The van der Waals surface area contributed by atoms with E-state index in [4.69, 9.17) is 9.63 Å². The number of nitrogens with zero attached hydrogens (tertiary/aromatic N) is 3. The van der Waals surface area contributed by atoms with Crippen LogP contribution in [-0.4, -0.2) is 46.0 Å². The van der Waals surface area contributed by atoms with Crippen molar-refractivity contribution in [3.63, 3.8) is 0 Å². The van der Waals surface area contributed by atoms with E-state index in [9.17, 15) is 26.3 Å². The molecule has 1 aromatic heterocycles. The molecule has 2 rings (SSSR count). The Morgan fingerprint density at radius 1 is 1.12 bits per heavy atom. The van der Waals surface area contributed by atoms with E-state index in [1.807, 2.05) is 0 Å². The molecule has 0 atom stereocenters. The summed E-state index contributed by atoms with van der Waals surface area (Å²) >= 11 is 0. The standard InChI is InChI=1S/C15H15F6N3O2/c16-14(17,18)9-24(5-2-6-25)8-12-22-13(23-26-12)10-3-1-4-11(7-10)15(19,20)21/h1,3-4,7,25H,2,5-6,8-9H2. The summed E-state index contributed by atoms with van der Waals surface area (Å²) in [6.07, 6.45) is -8.89. The molecule has 0 amide bonds. The van der Waals surface area contributed by atoms with Crippen molar-refractivity contribution >= 4 is 0 Å². The first-order valence-corrected chi connectivity index (χ1v) is 7.48. The number of aromatic nitrogens is 2. The Morgan fingerprint density at radius 2 is 1.85 bits per heavy atom. The molecule has 0 aliphatic heterocycles. The van der Waals surface area contributed by atoms with Gasteiger partial charge in [-0.3, -0.25) is 4.90 Å². The van der Waals surface area contributed by atoms with E-state index in [0.717, 1.165) is 17.0 Å². The monoisotopic (exact) mass is 383 g/mol. The second-order valence-corrected chi connectivity index (χ2v) is 5.49. The second kappa shape index (κ2) is 8.04. The molecule has 26 heavy (non-hydrogen) atoms. The lowest BCUT2D eigenvalue weighted by molar-refractivity contribution is -0.148. The van der Waals surface area contributed by atoms with Gasteiger partial charge in [0.25, 0.3) is 0 Å². The van der Waals surface area contributed by atoms with Crippen molar-refractivity contribution in [2.45, 2.75) is 25.3 Å². The molecule has 144 valence electrons. The number of alkyl halides is 6. The minimum atomic E-state index is -4.55. The highest BCUT2D eigenvalue weighted by Crippen LogP contribution is 2.31. The molecule has 0 aliphatic rings. The van der Waals surface area contributed by atoms with Crippen LogP contribution in [0.1, 0.15) is 17.9 Å². The minimum Gasteiger partial charge on any atom is -0.396 e. The zero-order chi connectivity index (χ0) is 19.4. The summed E-state index contributed by atoms with van der Waals surface area (Å²) in [5.41, 5.74) is -0.865. The summed E-state index contributed by atoms with van der Waals surface area (Å²) in [6, 6.07) is 4.22. The van der Waals surface area contributed by atoms with E-state index in [-0.39, 0.29) is 43.4 Å². The van der Waals surface area contributed by atoms with Gasteiger partial charge < -0.3 is 9.63 Å². The van der Waals surface area contributed by atoms with Gasteiger partial charge in [-0.05, 0) is 18.6 Å². The quantitative estimate of drug-likeness (QED) is 0.742. The van der Waals surface area contributed by atoms with Gasteiger partial charge in [0.15, 0.2) is 0 Å². The van der Waals surface area contributed by atoms with Crippen LogP contribution in [0.5, 0.6) is 0 Å². The Bertz CT molecular complexity index is 714. The molecular formula is C15H15F6N3O2. The largest absolute Gasteiger partial charge is 0.416 e. The third kappa shape index (κ3) is 5.99. The third-order valence-corrected chi connectivity index (χ3v) is 3.31. The lowest BCUT2D eigenvalue weighted by Crippen LogP contribution is -2.35. The van der Waals surface area contributed by atoms with E-state index >= 15 is 0 Å². The van der Waals surface area contributed by atoms with Crippen LogP contribution in [0.25, 0.3) is 11.4 Å². The Morgan fingerprint density at radius 3 is 2.46 bits per heavy atom. The number of benzene rings is 1. The molecule has 1 heterocycles. The number of hydrogen-bond acceptors (Lipinski definition) is 5. The number of rotatable bonds is 7. The molecule has 0 saturated heterocycles. The molecular weight excluding hydrogens is 368 g/mol. The molecule has 0 bridgehead atoms. The Kier molecular flexibility index (Phi) is 6.24. The van der Waals surface area contributed by atoms with Crippen molar-refractivity contribution in [2.24, 2.45) is 0 Å². The van der Waals surface area contributed by atoms with Crippen LogP contribution >= 0.6 is 0 Å². The van der Waals surface area contributed by atoms with E-state index < -0.39 is 24.5 Å². The van der Waals surface area contributed by atoms with Crippen molar-refractivity contribution in [3.8, 4) is 11.4 Å². The predicted octanol–water partition coefficient (Wildman–Crippen LogP) is 3.50. The number of hydrogen-bond donors (Lipinski definition) is 1. The van der Waals surface area contributed by atoms with Gasteiger partial charge in [-0.1, -0.05) is 17.3 Å². The zero-order valence-electron chi connectivity index (χ0n) is 13.3. The van der Waals surface area contributed by atoms with Gasteiger partial charge in [0, 0.05) is 18.7 Å². The second-order valence-electron chi connectivity index (χ2n) is 5.49. The Hall–Kier alpha value is -2.14. The first kappa shape index (κ1) is 20.2. The van der Waals surface area contributed by atoms with Gasteiger partial charge in [0.2, 0.25) is 11.7 Å². The summed E-state index contributed by atoms with van der Waals surface area (Å²) in [7, 11) is 0. The van der Waals surface area contributed by atoms with Crippen LogP contribution in [0.15, 0.2) is 28.8 Å². The minimum absolute atomic E-state index is 0.0348. The highest BCUT2D eigenvalue weighted by Gasteiger charge is 2.32. The van der Waals surface area contributed by atoms with Gasteiger partial charge in [0.05, 0.1) is 18.7 Å². The third-order valence-electron chi connectivity index (χ3n) is 3.31. The average molecular weight is 383 g/mol. The van der Waals surface area contributed by atoms with Gasteiger partial charge in [-0.25, -0.2) is 0 Å². The summed E-state index contributed by atoms with van der Waals surface area (Å²) < 4.78 is 80.8. The van der Waals surface area contributed by atoms with Crippen molar-refractivity contribution in [2.75, 3.05) is 19.7 Å². The number of aliphatic hydroxyl groups excluding tert-OH is 1. The topological polar surface area (TPSA) is 62.4 Å². The summed E-state index contributed by atoms with van der Waals surface area (Å²) in [5, 5.41) is 12.3. The zero-order valence-corrected chi connectivity index (χ0v) is 13.3. The Labute approximate surface area is 144 Å². The normalized spacial score (nSPS) is 12.8. The van der Waals surface area contributed by atoms with Gasteiger partial charge in [0.1, 0.15) is 0 Å². The van der Waals surface area contributed by atoms with Gasteiger partial charge in [-0.15, -0.1) is 0 Å². The van der Waals surface area contributed by atoms with E-state index in [2.05, 4.69) is 10.1 Å². The molecule has 0 unspecified atom stereocenters. The molecule has 1 N–H and O–H groups in total. The lowest BCUT2D eigenvalue weighted by Gasteiger charge is -2.21. The van der Waals surface area contributed by atoms with Crippen molar-refractivity contribution in [3.05, 3.63) is 35.7 Å². The highest BCUT2D eigenvalue weighted by molar-refractivity contribution is 5.55. The van der Waals surface area contributed by atoms with E-state index in [1.165, 1.54) is 12.1 Å². The van der Waals surface area contributed by atoms with Crippen molar-refractivity contribution < 1.29 is 36.0 Å². The van der Waals surface area contributed by atoms with Crippen LogP contribution in [0.4, 0.5) is 26.3 Å². The van der Waals surface area contributed by atoms with Crippen molar-refractivity contribution in [1.29, 1.82) is 0 Å². The molecule has 0 radical (unpaired) electrons. The van der Waals surface area contributed by atoms with Crippen LogP contribution < -0.4 is 0 Å². The maximum atomic E-state index is 12.7. The molecule has 11 heteroatoms.